The summed E-state index contributed by atoms with van der Waals surface area (Å²) >= 11 is 8.17. The van der Waals surface area contributed by atoms with Crippen LogP contribution in [-0.4, -0.2) is 48.9 Å². The average Bonchev–Trinajstić information content (AvgIpc) is 3.44. The molecule has 0 aliphatic carbocycles. The van der Waals surface area contributed by atoms with Crippen molar-refractivity contribution < 1.29 is 28.4 Å². The molecule has 1 aromatic heterocycles. The van der Waals surface area contributed by atoms with Crippen LogP contribution >= 0.6 is 22.9 Å². The fourth-order valence-electron chi connectivity index (χ4n) is 4.18. The van der Waals surface area contributed by atoms with Crippen molar-refractivity contribution in [3.63, 3.8) is 0 Å². The molecule has 3 aliphatic rings. The Hall–Kier alpha value is -0.250. The highest BCUT2D eigenvalue weighted by molar-refractivity contribution is 7.12. The van der Waals surface area contributed by atoms with Crippen LogP contribution in [0, 0.1) is 0 Å². The summed E-state index contributed by atoms with van der Waals surface area (Å²) in [5.74, 6) is -1.26. The maximum absolute atomic E-state index is 6.46. The van der Waals surface area contributed by atoms with Crippen molar-refractivity contribution in [1.29, 1.82) is 0 Å². The normalized spacial score (nSPS) is 40.9. The quantitative estimate of drug-likeness (QED) is 0.541. The summed E-state index contributed by atoms with van der Waals surface area (Å²) in [6, 6.07) is 2.05. The van der Waals surface area contributed by atoms with Crippen LogP contribution in [0.5, 0.6) is 0 Å². The van der Waals surface area contributed by atoms with Crippen molar-refractivity contribution in [3.8, 4) is 0 Å². The van der Waals surface area contributed by atoms with E-state index in [0.29, 0.717) is 13.2 Å². The van der Waals surface area contributed by atoms with Crippen LogP contribution in [0.1, 0.15) is 63.6 Å². The molecule has 2 unspecified atom stereocenters. The molecule has 0 radical (unpaired) electrons. The minimum atomic E-state index is -0.665. The minimum absolute atomic E-state index is 0.236. The first-order valence-electron chi connectivity index (χ1n) is 11.0. The Labute approximate surface area is 188 Å². The van der Waals surface area contributed by atoms with Gasteiger partial charge in [-0.3, -0.25) is 0 Å². The number of ether oxygens (including phenoxy) is 6. The van der Waals surface area contributed by atoms with Gasteiger partial charge in [0.05, 0.1) is 18.2 Å². The van der Waals surface area contributed by atoms with Crippen molar-refractivity contribution in [1.82, 2.24) is 0 Å². The molecule has 0 N–H and O–H groups in total. The fraction of sp³-hybridized carbons (Fsp3) is 0.818. The van der Waals surface area contributed by atoms with Gasteiger partial charge in [-0.1, -0.05) is 38.8 Å². The summed E-state index contributed by atoms with van der Waals surface area (Å²) in [6.07, 6.45) is 1.93. The molecule has 170 valence electrons. The summed E-state index contributed by atoms with van der Waals surface area (Å²) in [6.45, 7) is 11.0. The third-order valence-electron chi connectivity index (χ3n) is 6.27. The number of halogens is 1. The first kappa shape index (κ1) is 22.9. The van der Waals surface area contributed by atoms with Crippen LogP contribution in [0.4, 0.5) is 0 Å². The van der Waals surface area contributed by atoms with Crippen molar-refractivity contribution in [2.45, 2.75) is 109 Å². The molecule has 3 aliphatic heterocycles. The van der Waals surface area contributed by atoms with E-state index < -0.39 is 17.9 Å². The molecular formula is C22H33ClO6S. The number of hydrogen-bond acceptors (Lipinski definition) is 7. The topological polar surface area (TPSA) is 55.4 Å². The Balaban J connectivity index is 1.50. The highest BCUT2D eigenvalue weighted by atomic mass is 35.5. The lowest BCUT2D eigenvalue weighted by Crippen LogP contribution is -2.44. The zero-order valence-corrected chi connectivity index (χ0v) is 20.0. The summed E-state index contributed by atoms with van der Waals surface area (Å²) in [7, 11) is 0. The SMILES string of the molecule is CCCc1cc(Cl)c(CO[C@@H]2[C@H]3OC(C)(CC)O[C@H]3O[C@@H]2[C@H]2COC(C)(CC)O2)s1. The Morgan fingerprint density at radius 2 is 1.87 bits per heavy atom. The lowest BCUT2D eigenvalue weighted by molar-refractivity contribution is -0.245. The second-order valence-corrected chi connectivity index (χ2v) is 10.2. The van der Waals surface area contributed by atoms with Crippen LogP contribution in [-0.2, 0) is 41.4 Å². The maximum Gasteiger partial charge on any atom is 0.190 e. The molecule has 30 heavy (non-hydrogen) atoms. The number of aryl methyl sites for hydroxylation is 1. The van der Waals surface area contributed by atoms with E-state index in [1.54, 1.807) is 11.3 Å². The molecule has 4 rings (SSSR count). The van der Waals surface area contributed by atoms with Gasteiger partial charge in [-0.2, -0.15) is 0 Å². The van der Waals surface area contributed by atoms with Gasteiger partial charge in [-0.25, -0.2) is 0 Å². The molecule has 0 spiro atoms. The molecule has 0 aromatic carbocycles. The summed E-state index contributed by atoms with van der Waals surface area (Å²) in [4.78, 5) is 2.31. The largest absolute Gasteiger partial charge is 0.367 e. The number of hydrogen-bond donors (Lipinski definition) is 0. The van der Waals surface area contributed by atoms with Gasteiger partial charge in [0.25, 0.3) is 0 Å². The van der Waals surface area contributed by atoms with E-state index in [0.717, 1.165) is 35.6 Å². The Morgan fingerprint density at radius 3 is 2.53 bits per heavy atom. The molecule has 0 saturated carbocycles. The van der Waals surface area contributed by atoms with Gasteiger partial charge >= 0.3 is 0 Å². The zero-order valence-electron chi connectivity index (χ0n) is 18.4. The predicted octanol–water partition coefficient (Wildman–Crippen LogP) is 5.05. The van der Waals surface area contributed by atoms with E-state index in [9.17, 15) is 0 Å². The van der Waals surface area contributed by atoms with Gasteiger partial charge in [0, 0.05) is 9.75 Å². The molecule has 3 fully saturated rings. The lowest BCUT2D eigenvalue weighted by Gasteiger charge is -2.30. The predicted molar refractivity (Wildman–Crippen MR) is 115 cm³/mol. The van der Waals surface area contributed by atoms with Crippen molar-refractivity contribution in [2.24, 2.45) is 0 Å². The first-order valence-corrected chi connectivity index (χ1v) is 12.2. The van der Waals surface area contributed by atoms with Crippen molar-refractivity contribution >= 4 is 22.9 Å². The summed E-state index contributed by atoms with van der Waals surface area (Å²) < 4.78 is 37.1. The number of rotatable bonds is 8. The van der Waals surface area contributed by atoms with Gasteiger partial charge < -0.3 is 28.4 Å². The van der Waals surface area contributed by atoms with Crippen LogP contribution in [0.25, 0.3) is 0 Å². The molecule has 1 aromatic rings. The summed E-state index contributed by atoms with van der Waals surface area (Å²) in [5.41, 5.74) is 0. The molecular weight excluding hydrogens is 428 g/mol. The molecule has 3 saturated heterocycles. The Kier molecular flexibility index (Phi) is 6.84. The third kappa shape index (κ3) is 4.46. The molecule has 7 atom stereocenters. The fourth-order valence-corrected chi connectivity index (χ4v) is 5.63. The van der Waals surface area contributed by atoms with Crippen LogP contribution < -0.4 is 0 Å². The summed E-state index contributed by atoms with van der Waals surface area (Å²) in [5, 5.41) is 0.761. The van der Waals surface area contributed by atoms with Gasteiger partial charge in [0.1, 0.15) is 24.4 Å². The van der Waals surface area contributed by atoms with Gasteiger partial charge in [0.2, 0.25) is 0 Å². The van der Waals surface area contributed by atoms with Gasteiger partial charge in [-0.15, -0.1) is 11.3 Å². The molecule has 0 amide bonds. The highest BCUT2D eigenvalue weighted by Gasteiger charge is 2.59. The van der Waals surface area contributed by atoms with E-state index in [-0.39, 0.29) is 24.4 Å². The van der Waals surface area contributed by atoms with Crippen LogP contribution in [0.2, 0.25) is 5.02 Å². The van der Waals surface area contributed by atoms with Crippen LogP contribution in [0.15, 0.2) is 6.07 Å². The monoisotopic (exact) mass is 460 g/mol. The third-order valence-corrected chi connectivity index (χ3v) is 7.89. The second kappa shape index (κ2) is 8.94. The maximum atomic E-state index is 6.46. The molecule has 6 nitrogen and oxygen atoms in total. The Bertz CT molecular complexity index is 743. The van der Waals surface area contributed by atoms with Gasteiger partial charge in [-0.05, 0) is 39.2 Å². The van der Waals surface area contributed by atoms with Crippen LogP contribution in [0.3, 0.4) is 0 Å². The van der Waals surface area contributed by atoms with E-state index in [4.69, 9.17) is 40.0 Å². The van der Waals surface area contributed by atoms with Gasteiger partial charge in [0.15, 0.2) is 17.9 Å². The Morgan fingerprint density at radius 1 is 1.10 bits per heavy atom. The zero-order chi connectivity index (χ0) is 21.5. The van der Waals surface area contributed by atoms with E-state index >= 15 is 0 Å². The average molecular weight is 461 g/mol. The smallest absolute Gasteiger partial charge is 0.190 e. The van der Waals surface area contributed by atoms with E-state index in [2.05, 4.69) is 6.92 Å². The number of fused-ring (bicyclic) bond motifs is 1. The van der Waals surface area contributed by atoms with E-state index in [1.807, 2.05) is 33.8 Å². The van der Waals surface area contributed by atoms with Crippen molar-refractivity contribution in [2.75, 3.05) is 6.61 Å². The second-order valence-electron chi connectivity index (χ2n) is 8.62. The molecule has 4 heterocycles. The standard InChI is InChI=1S/C22H33ClO6S/c1-6-9-13-10-14(23)16(30-13)12-24-18-17(15-11-25-21(4,7-2)27-15)26-20-19(18)28-22(5,8-3)29-20/h10,15,17-20H,6-9,11-12H2,1-5H3/t15-,17-,18+,19-,20-,21?,22?/m1/s1. The molecule has 8 heteroatoms. The van der Waals surface area contributed by atoms with Crippen molar-refractivity contribution in [3.05, 3.63) is 20.8 Å². The first-order chi connectivity index (χ1) is 14.3. The lowest BCUT2D eigenvalue weighted by atomic mass is 10.1. The highest BCUT2D eigenvalue weighted by Crippen LogP contribution is 2.44. The molecule has 0 bridgehead atoms. The number of thiophene rings is 1. The minimum Gasteiger partial charge on any atom is -0.367 e. The van der Waals surface area contributed by atoms with E-state index in [1.165, 1.54) is 4.88 Å².